The molecule has 0 unspecified atom stereocenters. The lowest BCUT2D eigenvalue weighted by molar-refractivity contribution is -0.140. The van der Waals surface area contributed by atoms with Crippen LogP contribution in [0, 0.1) is 5.92 Å². The van der Waals surface area contributed by atoms with E-state index < -0.39 is 0 Å². The fourth-order valence-electron chi connectivity index (χ4n) is 5.86. The third-order valence-electron chi connectivity index (χ3n) is 7.63. The quantitative estimate of drug-likeness (QED) is 0.471. The smallest absolute Gasteiger partial charge is 0.226 e. The first-order chi connectivity index (χ1) is 17.0. The lowest BCUT2D eigenvalue weighted by Gasteiger charge is -2.32. The molecule has 3 atom stereocenters. The van der Waals surface area contributed by atoms with Crippen LogP contribution in [0.1, 0.15) is 23.3 Å². The Hall–Kier alpha value is -3.24. The van der Waals surface area contributed by atoms with E-state index in [2.05, 4.69) is 36.2 Å². The van der Waals surface area contributed by atoms with Crippen LogP contribution in [0.15, 0.2) is 30.9 Å². The first-order valence-corrected chi connectivity index (χ1v) is 13.0. The highest BCUT2D eigenvalue weighted by Crippen LogP contribution is 2.42. The predicted molar refractivity (Wildman–Crippen MR) is 136 cm³/mol. The van der Waals surface area contributed by atoms with E-state index in [0.29, 0.717) is 12.5 Å². The van der Waals surface area contributed by atoms with Gasteiger partial charge in [0.2, 0.25) is 5.91 Å². The minimum atomic E-state index is 0.0453. The molecule has 2 aliphatic heterocycles. The number of anilines is 3. The van der Waals surface area contributed by atoms with E-state index in [0.717, 1.165) is 65.2 Å². The summed E-state index contributed by atoms with van der Waals surface area (Å²) < 4.78 is 7.57. The molecule has 6 heterocycles. The van der Waals surface area contributed by atoms with Crippen molar-refractivity contribution in [2.45, 2.75) is 37.8 Å². The van der Waals surface area contributed by atoms with Crippen LogP contribution in [-0.4, -0.2) is 69.8 Å². The number of hydrogen-bond donors (Lipinski definition) is 1. The molecule has 2 saturated heterocycles. The van der Waals surface area contributed by atoms with Gasteiger partial charge in [-0.3, -0.25) is 4.79 Å². The van der Waals surface area contributed by atoms with Gasteiger partial charge in [0.1, 0.15) is 17.0 Å². The summed E-state index contributed by atoms with van der Waals surface area (Å²) in [5, 5.41) is 9.06. The van der Waals surface area contributed by atoms with Crippen LogP contribution in [0.2, 0.25) is 0 Å². The van der Waals surface area contributed by atoms with E-state index in [1.165, 1.54) is 10.4 Å². The van der Waals surface area contributed by atoms with E-state index in [9.17, 15) is 4.79 Å². The molecule has 1 amide bonds. The van der Waals surface area contributed by atoms with Crippen LogP contribution < -0.4 is 10.2 Å². The summed E-state index contributed by atoms with van der Waals surface area (Å²) in [6.45, 7) is 1.45. The highest BCUT2D eigenvalue weighted by molar-refractivity contribution is 7.19. The van der Waals surface area contributed by atoms with Crippen LogP contribution in [0.5, 0.6) is 0 Å². The molecule has 10 heteroatoms. The summed E-state index contributed by atoms with van der Waals surface area (Å²) >= 11 is 1.71. The summed E-state index contributed by atoms with van der Waals surface area (Å²) in [6.07, 6.45) is 9.21. The third-order valence-corrected chi connectivity index (χ3v) is 8.79. The number of amides is 1. The molecular formula is C25H27N7O2S. The van der Waals surface area contributed by atoms with E-state index in [-0.39, 0.29) is 18.1 Å². The largest absolute Gasteiger partial charge is 0.375 e. The number of nitrogens with one attached hydrogen (secondary N) is 1. The summed E-state index contributed by atoms with van der Waals surface area (Å²) in [5.41, 5.74) is 4.29. The van der Waals surface area contributed by atoms with Crippen molar-refractivity contribution in [2.24, 2.45) is 5.92 Å². The van der Waals surface area contributed by atoms with Gasteiger partial charge in [0, 0.05) is 37.6 Å². The molecule has 35 heavy (non-hydrogen) atoms. The number of carbonyl (C=O) groups is 1. The van der Waals surface area contributed by atoms with Crippen molar-refractivity contribution in [3.63, 3.8) is 0 Å². The first-order valence-electron chi connectivity index (χ1n) is 12.1. The van der Waals surface area contributed by atoms with E-state index in [4.69, 9.17) is 4.74 Å². The molecule has 2 fully saturated rings. The second-order valence-electron chi connectivity index (χ2n) is 9.97. The Morgan fingerprint density at radius 2 is 2.23 bits per heavy atom. The molecule has 0 spiro atoms. The van der Waals surface area contributed by atoms with Crippen molar-refractivity contribution in [2.75, 3.05) is 37.5 Å². The number of aromatic nitrogens is 4. The summed E-state index contributed by atoms with van der Waals surface area (Å²) in [6, 6.07) is 4.36. The van der Waals surface area contributed by atoms with Crippen LogP contribution in [0.25, 0.3) is 15.7 Å². The second kappa shape index (κ2) is 7.89. The third kappa shape index (κ3) is 3.38. The van der Waals surface area contributed by atoms with Gasteiger partial charge in [0.15, 0.2) is 0 Å². The van der Waals surface area contributed by atoms with Crippen LogP contribution in [-0.2, 0) is 22.4 Å². The highest BCUT2D eigenvalue weighted by Gasteiger charge is 2.43. The van der Waals surface area contributed by atoms with Crippen molar-refractivity contribution in [1.82, 2.24) is 24.5 Å². The van der Waals surface area contributed by atoms with Gasteiger partial charge in [0.25, 0.3) is 0 Å². The molecule has 4 aromatic rings. The van der Waals surface area contributed by atoms with E-state index in [1.54, 1.807) is 23.9 Å². The number of likely N-dealkylation sites (tertiary alicyclic amines) is 1. The zero-order valence-electron chi connectivity index (χ0n) is 19.8. The summed E-state index contributed by atoms with van der Waals surface area (Å²) in [7, 11) is 4.04. The Morgan fingerprint density at radius 3 is 3.03 bits per heavy atom. The molecule has 1 N–H and O–H groups in total. The number of morpholine rings is 1. The maximum Gasteiger partial charge on any atom is 0.226 e. The van der Waals surface area contributed by atoms with Crippen molar-refractivity contribution < 1.29 is 9.53 Å². The second-order valence-corrected chi connectivity index (χ2v) is 11.1. The van der Waals surface area contributed by atoms with Crippen molar-refractivity contribution >= 4 is 50.2 Å². The average molecular weight is 490 g/mol. The molecule has 1 aliphatic carbocycles. The number of aryl methyl sites for hydroxylation is 1. The molecular weight excluding hydrogens is 462 g/mol. The number of rotatable bonds is 4. The fourth-order valence-corrected chi connectivity index (χ4v) is 7.12. The van der Waals surface area contributed by atoms with Crippen molar-refractivity contribution in [1.29, 1.82) is 0 Å². The zero-order chi connectivity index (χ0) is 23.7. The molecule has 180 valence electrons. The monoisotopic (exact) mass is 489 g/mol. The first kappa shape index (κ1) is 21.1. The summed E-state index contributed by atoms with van der Waals surface area (Å²) in [4.78, 5) is 29.0. The van der Waals surface area contributed by atoms with Gasteiger partial charge in [-0.05, 0) is 43.4 Å². The maximum absolute atomic E-state index is 13.3. The molecule has 3 aliphatic rings. The molecule has 0 aromatic carbocycles. The molecule has 0 saturated carbocycles. The standard InChI is InChI=1S/C25H27N7O2S/c1-30(2)20-11-32-15(5-6-28-32)9-19(20)29-23-22-18-4-3-14(7-21(18)35-24(22)27-13-26-23)25(33)31-10-17-8-16(31)12-34-17/h5-6,9,11,13-14,16-17H,3-4,7-8,10,12H2,1-2H3,(H,26,27,29)/t14-,16-,17-/m0/s1. The van der Waals surface area contributed by atoms with E-state index in [1.807, 2.05) is 30.9 Å². The van der Waals surface area contributed by atoms with Crippen LogP contribution >= 0.6 is 11.3 Å². The Morgan fingerprint density at radius 1 is 1.31 bits per heavy atom. The van der Waals surface area contributed by atoms with E-state index >= 15 is 0 Å². The molecule has 0 radical (unpaired) electrons. The number of nitrogens with zero attached hydrogens (tertiary/aromatic N) is 6. The number of pyridine rings is 1. The Kier molecular flexibility index (Phi) is 4.75. The molecule has 9 nitrogen and oxygen atoms in total. The lowest BCUT2D eigenvalue weighted by atomic mass is 9.86. The Bertz CT molecular complexity index is 1460. The van der Waals surface area contributed by atoms with Gasteiger partial charge in [0.05, 0.1) is 47.2 Å². The van der Waals surface area contributed by atoms with Crippen LogP contribution in [0.3, 0.4) is 0 Å². The normalized spacial score (nSPS) is 23.3. The minimum Gasteiger partial charge on any atom is -0.375 e. The van der Waals surface area contributed by atoms with Crippen molar-refractivity contribution in [3.8, 4) is 0 Å². The molecule has 2 bridgehead atoms. The Balaban J connectivity index is 1.21. The number of fused-ring (bicyclic) bond motifs is 6. The topological polar surface area (TPSA) is 87.9 Å². The summed E-state index contributed by atoms with van der Waals surface area (Å²) in [5.74, 6) is 1.17. The highest BCUT2D eigenvalue weighted by atomic mass is 32.1. The number of hydrogen-bond acceptors (Lipinski definition) is 8. The molecule has 4 aromatic heterocycles. The van der Waals surface area contributed by atoms with Gasteiger partial charge in [-0.1, -0.05) is 0 Å². The Labute approximate surface area is 206 Å². The minimum absolute atomic E-state index is 0.0453. The average Bonchev–Trinajstić information content (AvgIpc) is 3.65. The maximum atomic E-state index is 13.3. The zero-order valence-corrected chi connectivity index (χ0v) is 20.6. The van der Waals surface area contributed by atoms with Gasteiger partial charge in [-0.25, -0.2) is 14.5 Å². The van der Waals surface area contributed by atoms with Gasteiger partial charge >= 0.3 is 0 Å². The van der Waals surface area contributed by atoms with Gasteiger partial charge in [-0.2, -0.15) is 5.10 Å². The van der Waals surface area contributed by atoms with Crippen LogP contribution in [0.4, 0.5) is 17.2 Å². The number of carbonyl (C=O) groups excluding carboxylic acids is 1. The van der Waals surface area contributed by atoms with Gasteiger partial charge < -0.3 is 19.9 Å². The fraction of sp³-hybridized carbons (Fsp3) is 0.440. The van der Waals surface area contributed by atoms with Gasteiger partial charge in [-0.15, -0.1) is 11.3 Å². The number of ether oxygens (including phenoxy) is 1. The lowest BCUT2D eigenvalue weighted by Crippen LogP contribution is -2.45. The SMILES string of the molecule is CN(C)c1cn2nccc2cc1Nc1ncnc2sc3c(c12)CC[C@H](C(=O)N1C[C@@H]2C[C@H]1CO2)C3. The molecule has 7 rings (SSSR count). The predicted octanol–water partition coefficient (Wildman–Crippen LogP) is 3.25. The number of thiophene rings is 1. The van der Waals surface area contributed by atoms with Crippen molar-refractivity contribution in [3.05, 3.63) is 41.3 Å².